The quantitative estimate of drug-likeness (QED) is 0.313. The molecule has 4 aromatic rings. The van der Waals surface area contributed by atoms with Gasteiger partial charge in [0.2, 0.25) is 0 Å². The first-order valence-corrected chi connectivity index (χ1v) is 11.9. The fourth-order valence-electron chi connectivity index (χ4n) is 3.41. The highest BCUT2D eigenvalue weighted by atomic mass is 32.2. The molecule has 0 aliphatic heterocycles. The summed E-state index contributed by atoms with van der Waals surface area (Å²) in [6.45, 7) is 0.224. The highest BCUT2D eigenvalue weighted by molar-refractivity contribution is 7.92. The summed E-state index contributed by atoms with van der Waals surface area (Å²) in [5, 5.41) is 0. The molecular formula is C27H24N2O3S. The van der Waals surface area contributed by atoms with Gasteiger partial charge in [-0.05, 0) is 54.1 Å². The number of methoxy groups -OCH3 is 1. The van der Waals surface area contributed by atoms with Gasteiger partial charge in [-0.25, -0.2) is 8.42 Å². The topological polar surface area (TPSA) is 59.0 Å². The smallest absolute Gasteiger partial charge is 0.264 e. The second kappa shape index (κ2) is 10.1. The average Bonchev–Trinajstić information content (AvgIpc) is 2.87. The fraction of sp³-hybridized carbons (Fsp3) is 0.0741. The number of benzene rings is 4. The summed E-state index contributed by atoms with van der Waals surface area (Å²) < 4.78 is 33.7. The standard InChI is InChI=1S/C27H24N2O3S/c1-32-27-15-9-8-12-23(27)20-28-24-16-18-25(19-17-24)29(21-22-10-4-2-5-11-22)33(30,31)26-13-6-3-7-14-26/h2-20H,21H2,1H3. The van der Waals surface area contributed by atoms with Crippen LogP contribution in [0, 0.1) is 0 Å². The Kier molecular flexibility index (Phi) is 6.86. The number of rotatable bonds is 8. The zero-order chi connectivity index (χ0) is 23.1. The predicted molar refractivity (Wildman–Crippen MR) is 133 cm³/mol. The first-order valence-electron chi connectivity index (χ1n) is 10.5. The van der Waals surface area contributed by atoms with Crippen molar-refractivity contribution in [3.05, 3.63) is 120 Å². The zero-order valence-electron chi connectivity index (χ0n) is 18.2. The molecule has 0 saturated heterocycles. The van der Waals surface area contributed by atoms with Crippen molar-refractivity contribution in [3.63, 3.8) is 0 Å². The molecule has 0 aromatic heterocycles. The maximum absolute atomic E-state index is 13.5. The van der Waals surface area contributed by atoms with Crippen molar-refractivity contribution in [3.8, 4) is 5.75 Å². The Morgan fingerprint density at radius 2 is 1.39 bits per heavy atom. The van der Waals surface area contributed by atoms with Gasteiger partial charge in [0.25, 0.3) is 10.0 Å². The third-order valence-corrected chi connectivity index (χ3v) is 6.92. The molecular weight excluding hydrogens is 432 g/mol. The molecule has 0 saturated carbocycles. The van der Waals surface area contributed by atoms with E-state index in [1.807, 2.05) is 54.6 Å². The average molecular weight is 457 g/mol. The third-order valence-electron chi connectivity index (χ3n) is 5.13. The van der Waals surface area contributed by atoms with Gasteiger partial charge in [0, 0.05) is 11.8 Å². The van der Waals surface area contributed by atoms with E-state index in [1.165, 1.54) is 4.31 Å². The lowest BCUT2D eigenvalue weighted by atomic mass is 10.2. The van der Waals surface area contributed by atoms with Crippen molar-refractivity contribution in [2.75, 3.05) is 11.4 Å². The molecule has 4 rings (SSSR count). The van der Waals surface area contributed by atoms with Gasteiger partial charge in [-0.15, -0.1) is 0 Å². The van der Waals surface area contributed by atoms with Crippen LogP contribution in [0.25, 0.3) is 0 Å². The van der Waals surface area contributed by atoms with Crippen LogP contribution in [0.2, 0.25) is 0 Å². The van der Waals surface area contributed by atoms with Crippen molar-refractivity contribution in [1.82, 2.24) is 0 Å². The van der Waals surface area contributed by atoms with Crippen LogP contribution in [0.5, 0.6) is 5.75 Å². The second-order valence-corrected chi connectivity index (χ2v) is 9.19. The van der Waals surface area contributed by atoms with E-state index in [-0.39, 0.29) is 11.4 Å². The van der Waals surface area contributed by atoms with Crippen LogP contribution < -0.4 is 9.04 Å². The van der Waals surface area contributed by atoms with Crippen molar-refractivity contribution >= 4 is 27.6 Å². The van der Waals surface area contributed by atoms with Gasteiger partial charge in [0.1, 0.15) is 5.75 Å². The van der Waals surface area contributed by atoms with E-state index < -0.39 is 10.0 Å². The van der Waals surface area contributed by atoms with Crippen LogP contribution in [-0.2, 0) is 16.6 Å². The van der Waals surface area contributed by atoms with Crippen molar-refractivity contribution in [2.45, 2.75) is 11.4 Å². The summed E-state index contributed by atoms with van der Waals surface area (Å²) in [5.41, 5.74) is 3.04. The minimum absolute atomic E-state index is 0.224. The molecule has 33 heavy (non-hydrogen) atoms. The minimum Gasteiger partial charge on any atom is -0.496 e. The molecule has 0 fully saturated rings. The summed E-state index contributed by atoms with van der Waals surface area (Å²) in [5.74, 6) is 0.737. The number of nitrogens with zero attached hydrogens (tertiary/aromatic N) is 2. The molecule has 6 heteroatoms. The van der Waals surface area contributed by atoms with Gasteiger partial charge in [-0.2, -0.15) is 0 Å². The number of sulfonamides is 1. The molecule has 0 bridgehead atoms. The van der Waals surface area contributed by atoms with Gasteiger partial charge in [0.15, 0.2) is 0 Å². The van der Waals surface area contributed by atoms with E-state index >= 15 is 0 Å². The Balaban J connectivity index is 1.65. The lowest BCUT2D eigenvalue weighted by Gasteiger charge is -2.25. The first kappa shape index (κ1) is 22.3. The zero-order valence-corrected chi connectivity index (χ0v) is 19.0. The summed E-state index contributed by atoms with van der Waals surface area (Å²) in [7, 11) is -2.13. The number of hydrogen-bond donors (Lipinski definition) is 0. The Bertz CT molecular complexity index is 1320. The summed E-state index contributed by atoms with van der Waals surface area (Å²) >= 11 is 0. The van der Waals surface area contributed by atoms with Crippen LogP contribution in [0.1, 0.15) is 11.1 Å². The SMILES string of the molecule is COc1ccccc1C=Nc1ccc(N(Cc2ccccc2)S(=O)(=O)c2ccccc2)cc1. The Morgan fingerprint density at radius 3 is 2.06 bits per heavy atom. The van der Waals surface area contributed by atoms with Crippen LogP contribution in [0.3, 0.4) is 0 Å². The molecule has 0 atom stereocenters. The number of aliphatic imine (C=N–C) groups is 1. The third kappa shape index (κ3) is 5.30. The Labute approximate surface area is 194 Å². The maximum atomic E-state index is 13.5. The fourth-order valence-corrected chi connectivity index (χ4v) is 4.88. The van der Waals surface area contributed by atoms with Gasteiger partial charge in [0.05, 0.1) is 29.9 Å². The van der Waals surface area contributed by atoms with Crippen LogP contribution in [0.15, 0.2) is 119 Å². The van der Waals surface area contributed by atoms with E-state index in [0.29, 0.717) is 11.4 Å². The summed E-state index contributed by atoms with van der Waals surface area (Å²) in [6.07, 6.45) is 1.73. The molecule has 0 aliphatic carbocycles. The van der Waals surface area contributed by atoms with Crippen molar-refractivity contribution in [1.29, 1.82) is 0 Å². The van der Waals surface area contributed by atoms with Crippen molar-refractivity contribution < 1.29 is 13.2 Å². The van der Waals surface area contributed by atoms with Crippen molar-refractivity contribution in [2.24, 2.45) is 4.99 Å². The van der Waals surface area contributed by atoms with Crippen LogP contribution in [0.4, 0.5) is 11.4 Å². The minimum atomic E-state index is -3.75. The largest absolute Gasteiger partial charge is 0.496 e. The molecule has 4 aromatic carbocycles. The van der Waals surface area contributed by atoms with E-state index in [2.05, 4.69) is 4.99 Å². The lowest BCUT2D eigenvalue weighted by Crippen LogP contribution is -2.30. The highest BCUT2D eigenvalue weighted by Crippen LogP contribution is 2.28. The molecule has 0 aliphatic rings. The van der Waals surface area contributed by atoms with E-state index in [4.69, 9.17) is 4.74 Å². The molecule has 0 N–H and O–H groups in total. The second-order valence-electron chi connectivity index (χ2n) is 7.33. The number of ether oxygens (including phenoxy) is 1. The molecule has 0 spiro atoms. The summed E-state index contributed by atoms with van der Waals surface area (Å²) in [6, 6.07) is 32.8. The molecule has 0 unspecified atom stereocenters. The molecule has 0 heterocycles. The number of para-hydroxylation sites is 1. The Morgan fingerprint density at radius 1 is 0.788 bits per heavy atom. The molecule has 0 amide bonds. The Hall–Kier alpha value is -3.90. The highest BCUT2D eigenvalue weighted by Gasteiger charge is 2.25. The van der Waals surface area contributed by atoms with E-state index in [0.717, 1.165) is 16.9 Å². The van der Waals surface area contributed by atoms with E-state index in [1.54, 1.807) is 67.9 Å². The monoisotopic (exact) mass is 456 g/mol. The normalized spacial score (nSPS) is 11.4. The van der Waals surface area contributed by atoms with Gasteiger partial charge in [-0.3, -0.25) is 9.30 Å². The van der Waals surface area contributed by atoms with E-state index in [9.17, 15) is 8.42 Å². The van der Waals surface area contributed by atoms with Gasteiger partial charge < -0.3 is 4.74 Å². The number of hydrogen-bond acceptors (Lipinski definition) is 4. The molecule has 0 radical (unpaired) electrons. The van der Waals surface area contributed by atoms with Gasteiger partial charge in [-0.1, -0.05) is 60.7 Å². The molecule has 5 nitrogen and oxygen atoms in total. The first-order chi connectivity index (χ1) is 16.1. The lowest BCUT2D eigenvalue weighted by molar-refractivity contribution is 0.414. The number of anilines is 1. The van der Waals surface area contributed by atoms with Crippen LogP contribution >= 0.6 is 0 Å². The predicted octanol–water partition coefficient (Wildman–Crippen LogP) is 5.84. The van der Waals surface area contributed by atoms with Gasteiger partial charge >= 0.3 is 0 Å². The molecule has 166 valence electrons. The van der Waals surface area contributed by atoms with Crippen LogP contribution in [-0.4, -0.2) is 21.7 Å². The maximum Gasteiger partial charge on any atom is 0.264 e. The summed E-state index contributed by atoms with van der Waals surface area (Å²) in [4.78, 5) is 4.77.